The number of nitro benzene ring substituents is 1. The molecule has 0 saturated heterocycles. The van der Waals surface area contributed by atoms with Gasteiger partial charge in [-0.1, -0.05) is 12.1 Å². The molecule has 0 spiro atoms. The Balaban J connectivity index is 2.09. The van der Waals surface area contributed by atoms with Crippen molar-refractivity contribution in [1.29, 1.82) is 0 Å². The van der Waals surface area contributed by atoms with E-state index in [1.807, 2.05) is 0 Å². The van der Waals surface area contributed by atoms with Crippen molar-refractivity contribution in [3.8, 4) is 0 Å². The van der Waals surface area contributed by atoms with Crippen LogP contribution in [0.3, 0.4) is 0 Å². The third-order valence-electron chi connectivity index (χ3n) is 4.08. The predicted molar refractivity (Wildman–Crippen MR) is 96.7 cm³/mol. The minimum absolute atomic E-state index is 0.0200. The minimum Gasteiger partial charge on any atom is -0.366 e. The molecule has 138 valence electrons. The number of amides is 1. The number of hydrogen-bond donors (Lipinski definition) is 2. The number of primary amides is 1. The van der Waals surface area contributed by atoms with Crippen LogP contribution >= 0.6 is 0 Å². The van der Waals surface area contributed by atoms with Gasteiger partial charge >= 0.3 is 0 Å². The first-order chi connectivity index (χ1) is 12.9. The van der Waals surface area contributed by atoms with Crippen LogP contribution in [0.25, 0.3) is 0 Å². The average molecular weight is 369 g/mol. The second kappa shape index (κ2) is 7.24. The van der Waals surface area contributed by atoms with Crippen molar-refractivity contribution >= 4 is 17.3 Å². The summed E-state index contributed by atoms with van der Waals surface area (Å²) in [6.45, 7) is 0. The van der Waals surface area contributed by atoms with Gasteiger partial charge in [-0.2, -0.15) is 0 Å². The topological polar surface area (TPSA) is 116 Å². The van der Waals surface area contributed by atoms with Gasteiger partial charge in [-0.15, -0.1) is 0 Å². The maximum Gasteiger partial charge on any atom is 0.293 e. The summed E-state index contributed by atoms with van der Waals surface area (Å²) in [5, 5.41) is 14.5. The van der Waals surface area contributed by atoms with Crippen molar-refractivity contribution in [3.05, 3.63) is 87.7 Å². The molecule has 0 bridgehead atoms. The lowest BCUT2D eigenvalue weighted by molar-refractivity contribution is -0.384. The van der Waals surface area contributed by atoms with E-state index >= 15 is 0 Å². The summed E-state index contributed by atoms with van der Waals surface area (Å²) in [6, 6.07) is 9.11. The van der Waals surface area contributed by atoms with E-state index in [9.17, 15) is 19.3 Å². The summed E-state index contributed by atoms with van der Waals surface area (Å²) in [6.07, 6.45) is 3.29. The van der Waals surface area contributed by atoms with Crippen LogP contribution in [0.1, 0.15) is 27.8 Å². The van der Waals surface area contributed by atoms with Crippen LogP contribution in [0.5, 0.6) is 0 Å². The van der Waals surface area contributed by atoms with E-state index in [0.29, 0.717) is 11.4 Å². The van der Waals surface area contributed by atoms with Crippen molar-refractivity contribution in [3.63, 3.8) is 0 Å². The maximum absolute atomic E-state index is 13.7. The standard InChI is InChI=1S/C18H16FN5O3/c1-23-8-7-21-18(23)16(11-3-2-4-13(19)9-11)22-14-6-5-12(17(20)25)10-15(14)24(26)27/h2-10,16,22H,1H3,(H2,20,25). The Morgan fingerprint density at radius 1 is 1.33 bits per heavy atom. The summed E-state index contributed by atoms with van der Waals surface area (Å²) in [5.41, 5.74) is 5.60. The zero-order chi connectivity index (χ0) is 19.6. The molecule has 3 N–H and O–H groups in total. The quantitative estimate of drug-likeness (QED) is 0.512. The molecule has 0 aliphatic carbocycles. The molecule has 1 aromatic heterocycles. The number of imidazole rings is 1. The van der Waals surface area contributed by atoms with Gasteiger partial charge in [0.15, 0.2) is 0 Å². The molecule has 0 saturated carbocycles. The van der Waals surface area contributed by atoms with E-state index in [0.717, 1.165) is 6.07 Å². The second-order valence-corrected chi connectivity index (χ2v) is 5.88. The zero-order valence-electron chi connectivity index (χ0n) is 14.3. The molecule has 9 heteroatoms. The number of nitrogens with two attached hydrogens (primary N) is 1. The van der Waals surface area contributed by atoms with Gasteiger partial charge in [0.25, 0.3) is 5.69 Å². The molecular formula is C18H16FN5O3. The number of hydrogen-bond acceptors (Lipinski definition) is 5. The smallest absolute Gasteiger partial charge is 0.293 e. The van der Waals surface area contributed by atoms with Gasteiger partial charge in [0.1, 0.15) is 23.4 Å². The van der Waals surface area contributed by atoms with Crippen LogP contribution in [0, 0.1) is 15.9 Å². The third-order valence-corrected chi connectivity index (χ3v) is 4.08. The lowest BCUT2D eigenvalue weighted by Crippen LogP contribution is -2.18. The molecule has 3 aromatic rings. The van der Waals surface area contributed by atoms with Crippen LogP contribution in [-0.2, 0) is 7.05 Å². The zero-order valence-corrected chi connectivity index (χ0v) is 14.3. The van der Waals surface area contributed by atoms with E-state index in [-0.39, 0.29) is 16.9 Å². The molecule has 0 aliphatic heterocycles. The highest BCUT2D eigenvalue weighted by Crippen LogP contribution is 2.32. The molecule has 1 atom stereocenters. The summed E-state index contributed by atoms with van der Waals surface area (Å²) in [5.74, 6) is -0.670. The molecule has 8 nitrogen and oxygen atoms in total. The van der Waals surface area contributed by atoms with E-state index in [1.54, 1.807) is 36.1 Å². The normalized spacial score (nSPS) is 11.8. The van der Waals surface area contributed by atoms with E-state index in [2.05, 4.69) is 10.3 Å². The number of halogens is 1. The predicted octanol–water partition coefficient (Wildman–Crippen LogP) is 2.77. The van der Waals surface area contributed by atoms with E-state index in [4.69, 9.17) is 5.73 Å². The van der Waals surface area contributed by atoms with Gasteiger partial charge in [0, 0.05) is 31.1 Å². The highest BCUT2D eigenvalue weighted by atomic mass is 19.1. The van der Waals surface area contributed by atoms with Gasteiger partial charge in [-0.25, -0.2) is 9.37 Å². The van der Waals surface area contributed by atoms with E-state index < -0.39 is 22.7 Å². The fourth-order valence-corrected chi connectivity index (χ4v) is 2.75. The molecular weight excluding hydrogens is 353 g/mol. The van der Waals surface area contributed by atoms with Gasteiger partial charge in [0.2, 0.25) is 5.91 Å². The Kier molecular flexibility index (Phi) is 4.84. The Bertz CT molecular complexity index is 1020. The fourth-order valence-electron chi connectivity index (χ4n) is 2.75. The van der Waals surface area contributed by atoms with Crippen molar-refractivity contribution in [2.75, 3.05) is 5.32 Å². The highest BCUT2D eigenvalue weighted by Gasteiger charge is 2.24. The number of rotatable bonds is 6. The number of anilines is 1. The summed E-state index contributed by atoms with van der Waals surface area (Å²) in [7, 11) is 1.76. The average Bonchev–Trinajstić information content (AvgIpc) is 3.05. The van der Waals surface area contributed by atoms with Crippen LogP contribution in [-0.4, -0.2) is 20.4 Å². The second-order valence-electron chi connectivity index (χ2n) is 5.88. The summed E-state index contributed by atoms with van der Waals surface area (Å²) >= 11 is 0. The molecule has 0 radical (unpaired) electrons. The van der Waals surface area contributed by atoms with Crippen molar-refractivity contribution in [2.45, 2.75) is 6.04 Å². The minimum atomic E-state index is -0.768. The molecule has 0 fully saturated rings. The first-order valence-electron chi connectivity index (χ1n) is 7.94. The number of nitrogens with zero attached hydrogens (tertiary/aromatic N) is 3. The number of benzene rings is 2. The van der Waals surface area contributed by atoms with Crippen LogP contribution < -0.4 is 11.1 Å². The third kappa shape index (κ3) is 3.76. The molecule has 27 heavy (non-hydrogen) atoms. The molecule has 1 heterocycles. The Hall–Kier alpha value is -3.75. The summed E-state index contributed by atoms with van der Waals surface area (Å²) in [4.78, 5) is 26.4. The largest absolute Gasteiger partial charge is 0.366 e. The van der Waals surface area contributed by atoms with Crippen molar-refractivity contribution < 1.29 is 14.1 Å². The highest BCUT2D eigenvalue weighted by molar-refractivity contribution is 5.94. The van der Waals surface area contributed by atoms with Gasteiger partial charge in [-0.05, 0) is 29.8 Å². The first kappa shape index (κ1) is 18.1. The monoisotopic (exact) mass is 369 g/mol. The lowest BCUT2D eigenvalue weighted by Gasteiger charge is -2.20. The number of aryl methyl sites for hydroxylation is 1. The number of carbonyl (C=O) groups excluding carboxylic acids is 1. The molecule has 1 amide bonds. The van der Waals surface area contributed by atoms with Crippen LogP contribution in [0.15, 0.2) is 54.9 Å². The van der Waals surface area contributed by atoms with Crippen LogP contribution in [0.2, 0.25) is 0 Å². The molecule has 3 rings (SSSR count). The summed E-state index contributed by atoms with van der Waals surface area (Å²) < 4.78 is 15.5. The number of nitrogens with one attached hydrogen (secondary N) is 1. The molecule has 2 aromatic carbocycles. The number of nitro groups is 1. The lowest BCUT2D eigenvalue weighted by atomic mass is 10.0. The Labute approximate surface area is 153 Å². The maximum atomic E-state index is 13.7. The number of carbonyl (C=O) groups is 1. The SMILES string of the molecule is Cn1ccnc1C(Nc1ccc(C(N)=O)cc1[N+](=O)[O-])c1cccc(F)c1. The van der Waals surface area contributed by atoms with E-state index in [1.165, 1.54) is 24.3 Å². The van der Waals surface area contributed by atoms with Crippen molar-refractivity contribution in [1.82, 2.24) is 9.55 Å². The van der Waals surface area contributed by atoms with Crippen LogP contribution in [0.4, 0.5) is 15.8 Å². The first-order valence-corrected chi connectivity index (χ1v) is 7.94. The Morgan fingerprint density at radius 3 is 2.70 bits per heavy atom. The molecule has 0 aliphatic rings. The number of aromatic nitrogens is 2. The van der Waals surface area contributed by atoms with Gasteiger partial charge in [0.05, 0.1) is 4.92 Å². The fraction of sp³-hybridized carbons (Fsp3) is 0.111. The van der Waals surface area contributed by atoms with Gasteiger partial charge < -0.3 is 15.6 Å². The van der Waals surface area contributed by atoms with Crippen molar-refractivity contribution in [2.24, 2.45) is 12.8 Å². The Morgan fingerprint density at radius 2 is 2.11 bits per heavy atom. The molecule has 1 unspecified atom stereocenters. The van der Waals surface area contributed by atoms with Gasteiger partial charge in [-0.3, -0.25) is 14.9 Å².